The molecule has 5 heteroatoms. The van der Waals surface area contributed by atoms with Crippen LogP contribution in [0.15, 0.2) is 118 Å². The van der Waals surface area contributed by atoms with Gasteiger partial charge in [-0.25, -0.2) is 0 Å². The van der Waals surface area contributed by atoms with Gasteiger partial charge >= 0.3 is 316 Å². The number of benzene rings is 4. The molecule has 2 aromatic heterocycles. The van der Waals surface area contributed by atoms with E-state index in [-0.39, 0.29) is 24.8 Å². The van der Waals surface area contributed by atoms with E-state index in [1.807, 2.05) is 0 Å². The summed E-state index contributed by atoms with van der Waals surface area (Å²) in [7, 11) is 0. The first-order valence-electron chi connectivity index (χ1n) is 20.8. The molecule has 4 aromatic carbocycles. The summed E-state index contributed by atoms with van der Waals surface area (Å²) in [6, 6.07) is 41.4. The number of aryl methyl sites for hydroxylation is 4. The summed E-state index contributed by atoms with van der Waals surface area (Å²) in [5.74, 6) is 3.93. The summed E-state index contributed by atoms with van der Waals surface area (Å²) >= 11 is -1.31. The van der Waals surface area contributed by atoms with E-state index in [1.165, 1.54) is 118 Å². The van der Waals surface area contributed by atoms with E-state index in [4.69, 9.17) is 8.83 Å². The van der Waals surface area contributed by atoms with Crippen LogP contribution in [0.4, 0.5) is 0 Å². The van der Waals surface area contributed by atoms with Crippen LogP contribution >= 0.6 is 0 Å². The van der Waals surface area contributed by atoms with Gasteiger partial charge in [-0.1, -0.05) is 26.7 Å². The molecule has 6 aromatic rings. The van der Waals surface area contributed by atoms with Gasteiger partial charge in [-0.3, -0.25) is 0 Å². The van der Waals surface area contributed by atoms with Gasteiger partial charge in [0.1, 0.15) is 0 Å². The predicted octanol–water partition coefficient (Wildman–Crippen LogP) is 9.05. The van der Waals surface area contributed by atoms with Crippen molar-refractivity contribution in [3.05, 3.63) is 166 Å². The van der Waals surface area contributed by atoms with Crippen molar-refractivity contribution in [1.29, 1.82) is 0 Å². The van der Waals surface area contributed by atoms with Crippen LogP contribution in [0.3, 0.4) is 0 Å². The van der Waals surface area contributed by atoms with E-state index in [0.29, 0.717) is 7.25 Å². The zero-order chi connectivity index (χ0) is 37.7. The minimum Gasteiger partial charge on any atom is -1.00 e. The van der Waals surface area contributed by atoms with Crippen LogP contribution in [-0.2, 0) is 36.1 Å². The van der Waals surface area contributed by atoms with Crippen LogP contribution in [0.2, 0.25) is 0 Å². The largest absolute Gasteiger partial charge is 1.00 e. The van der Waals surface area contributed by atoms with Crippen LogP contribution in [0, 0.1) is 13.8 Å². The molecule has 0 aliphatic heterocycles. The first-order valence-corrected chi connectivity index (χ1v) is 23.6. The van der Waals surface area contributed by atoms with Gasteiger partial charge in [-0.05, 0) is 0 Å². The minimum atomic E-state index is -1.31. The SMILES string of the molecule is CCCCCCc1ccc(-c2cccc3c2C=C(c2ccc(C)o2)[CH]3[Zr+2][CH]2C(c3ccc(C)o3)=Cc3c(-c4ccc(CCCCCC)cc4)cccc32)cc1.[Cl-].[Cl-]. The van der Waals surface area contributed by atoms with E-state index in [2.05, 4.69) is 149 Å². The molecule has 2 unspecified atom stereocenters. The zero-order valence-corrected chi connectivity index (χ0v) is 37.8. The van der Waals surface area contributed by atoms with Crippen molar-refractivity contribution in [1.82, 2.24) is 0 Å². The fraction of sp³-hybridized carbons (Fsp3) is 0.308. The third kappa shape index (κ3) is 9.49. The van der Waals surface area contributed by atoms with Crippen molar-refractivity contribution in [2.24, 2.45) is 0 Å². The Kier molecular flexibility index (Phi) is 15.0. The second-order valence-corrected chi connectivity index (χ2v) is 19.3. The van der Waals surface area contributed by atoms with E-state index in [0.717, 1.165) is 35.9 Å². The molecule has 8 rings (SSSR count). The number of furan rings is 2. The van der Waals surface area contributed by atoms with Crippen LogP contribution < -0.4 is 24.8 Å². The van der Waals surface area contributed by atoms with Crippen LogP contribution in [0.5, 0.6) is 0 Å². The summed E-state index contributed by atoms with van der Waals surface area (Å²) in [6.07, 6.45) is 17.6. The standard InChI is InChI=1S/2C26H27O.2ClH.Zr/c2*1-3-4-5-6-8-20-12-14-21(15-13-20)24-10-7-9-22-17-23(18-25(22)24)26-16-11-19(2)27-26;;;/h2*7,9-18H,3-6,8H2,1-2H3;2*1H;/q;;;;+2/p-2. The van der Waals surface area contributed by atoms with Crippen LogP contribution in [0.25, 0.3) is 45.6 Å². The fourth-order valence-electron chi connectivity index (χ4n) is 8.65. The normalized spacial score (nSPS) is 15.2. The molecule has 0 spiro atoms. The summed E-state index contributed by atoms with van der Waals surface area (Å²) in [6.45, 7) is 8.68. The third-order valence-electron chi connectivity index (χ3n) is 11.7. The van der Waals surface area contributed by atoms with Gasteiger partial charge in [-0.2, -0.15) is 0 Å². The van der Waals surface area contributed by atoms with Gasteiger partial charge in [0, 0.05) is 0 Å². The number of halogens is 2. The van der Waals surface area contributed by atoms with E-state index in [9.17, 15) is 0 Å². The molecule has 0 saturated carbocycles. The number of fused-ring (bicyclic) bond motifs is 2. The van der Waals surface area contributed by atoms with Gasteiger partial charge in [0.05, 0.1) is 0 Å². The Morgan fingerprint density at radius 1 is 0.474 bits per heavy atom. The van der Waals surface area contributed by atoms with Crippen LogP contribution in [-0.4, -0.2) is 0 Å². The van der Waals surface area contributed by atoms with Crippen molar-refractivity contribution in [2.75, 3.05) is 0 Å². The number of rotatable bonds is 16. The number of unbranched alkanes of at least 4 members (excludes halogenated alkanes) is 6. The topological polar surface area (TPSA) is 26.3 Å². The summed E-state index contributed by atoms with van der Waals surface area (Å²) in [5.41, 5.74) is 16.4. The van der Waals surface area contributed by atoms with Crippen molar-refractivity contribution >= 4 is 23.3 Å². The number of allylic oxidation sites excluding steroid dienone is 2. The third-order valence-corrected chi connectivity index (χ3v) is 16.4. The monoisotopic (exact) mass is 870 g/mol. The quantitative estimate of drug-likeness (QED) is 0.0909. The Labute approximate surface area is 364 Å². The molecule has 0 fully saturated rings. The molecule has 57 heavy (non-hydrogen) atoms. The molecule has 0 N–H and O–H groups in total. The van der Waals surface area contributed by atoms with Crippen molar-refractivity contribution in [2.45, 2.75) is 99.2 Å². The van der Waals surface area contributed by atoms with E-state index < -0.39 is 23.2 Å². The Morgan fingerprint density at radius 3 is 1.26 bits per heavy atom. The smallest absolute Gasteiger partial charge is 1.00 e. The fourth-order valence-corrected chi connectivity index (χ4v) is 13.6. The molecular weight excluding hydrogens is 819 g/mol. The van der Waals surface area contributed by atoms with Gasteiger partial charge in [0.25, 0.3) is 0 Å². The minimum absolute atomic E-state index is 0. The average molecular weight is 873 g/mol. The molecule has 292 valence electrons. The molecule has 0 amide bonds. The maximum atomic E-state index is 6.44. The molecule has 2 aliphatic rings. The molecule has 2 heterocycles. The maximum absolute atomic E-state index is 6.44. The van der Waals surface area contributed by atoms with Gasteiger partial charge in [-0.15, -0.1) is 0 Å². The summed E-state index contributed by atoms with van der Waals surface area (Å²) in [4.78, 5) is 0. The van der Waals surface area contributed by atoms with Crippen molar-refractivity contribution < 1.29 is 56.9 Å². The molecule has 0 bridgehead atoms. The summed E-state index contributed by atoms with van der Waals surface area (Å²) < 4.78 is 13.5. The Balaban J connectivity index is 0.00000275. The van der Waals surface area contributed by atoms with Gasteiger partial charge in [0.15, 0.2) is 0 Å². The first-order chi connectivity index (χ1) is 27.0. The van der Waals surface area contributed by atoms with E-state index in [1.54, 1.807) is 0 Å². The predicted molar refractivity (Wildman–Crippen MR) is 228 cm³/mol. The van der Waals surface area contributed by atoms with E-state index >= 15 is 0 Å². The number of hydrogen-bond acceptors (Lipinski definition) is 2. The molecule has 2 aliphatic carbocycles. The Bertz CT molecular complexity index is 2140. The molecule has 0 radical (unpaired) electrons. The van der Waals surface area contributed by atoms with Gasteiger partial charge in [0.2, 0.25) is 0 Å². The van der Waals surface area contributed by atoms with Crippen LogP contribution in [0.1, 0.15) is 129 Å². The second-order valence-electron chi connectivity index (χ2n) is 15.7. The first kappa shape index (κ1) is 43.0. The maximum Gasteiger partial charge on any atom is -1.00 e. The molecular formula is C52H54Cl2O2Zr. The summed E-state index contributed by atoms with van der Waals surface area (Å²) in [5, 5.41) is 0. The van der Waals surface area contributed by atoms with Crippen molar-refractivity contribution in [3.63, 3.8) is 0 Å². The molecule has 2 nitrogen and oxygen atoms in total. The molecule has 2 atom stereocenters. The Hall–Kier alpha value is -3.62. The van der Waals surface area contributed by atoms with Gasteiger partial charge < -0.3 is 24.8 Å². The van der Waals surface area contributed by atoms with Crippen molar-refractivity contribution in [3.8, 4) is 22.3 Å². The Morgan fingerprint density at radius 2 is 0.895 bits per heavy atom. The number of hydrogen-bond donors (Lipinski definition) is 0. The zero-order valence-electron chi connectivity index (χ0n) is 33.8. The average Bonchev–Trinajstić information content (AvgIpc) is 4.01. The second kappa shape index (κ2) is 19.9. The molecule has 0 saturated heterocycles.